The molecule has 5 fully saturated rings. The van der Waals surface area contributed by atoms with Gasteiger partial charge in [0.1, 0.15) is 0 Å². The molecule has 1 aliphatic carbocycles. The zero-order valence-corrected chi connectivity index (χ0v) is 13.2. The Labute approximate surface area is 126 Å². The summed E-state index contributed by atoms with van der Waals surface area (Å²) >= 11 is 0. The van der Waals surface area contributed by atoms with Gasteiger partial charge in [-0.2, -0.15) is 0 Å². The third kappa shape index (κ3) is 1.94. The fourth-order valence-electron chi connectivity index (χ4n) is 4.88. The fourth-order valence-corrected chi connectivity index (χ4v) is 4.88. The number of rotatable bonds is 2. The van der Waals surface area contributed by atoms with Crippen LogP contribution in [0, 0.1) is 17.8 Å². The van der Waals surface area contributed by atoms with Crippen LogP contribution in [0.3, 0.4) is 0 Å². The quantitative estimate of drug-likeness (QED) is 0.733. The van der Waals surface area contributed by atoms with Gasteiger partial charge in [-0.1, -0.05) is 13.3 Å². The second-order valence-corrected chi connectivity index (χ2v) is 7.20. The average molecular weight is 298 g/mol. The van der Waals surface area contributed by atoms with Crippen molar-refractivity contribution in [3.05, 3.63) is 0 Å². The Morgan fingerprint density at radius 1 is 1.19 bits per heavy atom. The molecule has 0 aromatic heterocycles. The van der Waals surface area contributed by atoms with Crippen LogP contribution in [0.1, 0.15) is 52.9 Å². The van der Waals surface area contributed by atoms with Crippen LogP contribution in [0.5, 0.6) is 0 Å². The maximum absolute atomic E-state index is 6.20. The van der Waals surface area contributed by atoms with Gasteiger partial charge in [0.15, 0.2) is 18.2 Å². The molecule has 0 amide bonds. The molecule has 5 nitrogen and oxygen atoms in total. The Balaban J connectivity index is 1.73. The maximum atomic E-state index is 6.20. The fraction of sp³-hybridized carbons (Fsp3) is 1.00. The third-order valence-corrected chi connectivity index (χ3v) is 5.97. The van der Waals surface area contributed by atoms with Gasteiger partial charge in [-0.05, 0) is 39.0 Å². The zero-order chi connectivity index (χ0) is 14.7. The Bertz CT molecular complexity index is 415. The maximum Gasteiger partial charge on any atom is 0.201 e. The predicted molar refractivity (Wildman–Crippen MR) is 73.9 cm³/mol. The van der Waals surface area contributed by atoms with Crippen molar-refractivity contribution < 1.29 is 24.0 Å². The van der Waals surface area contributed by atoms with Crippen LogP contribution in [0.2, 0.25) is 0 Å². The molecule has 1 saturated carbocycles. The molecular formula is C16H26O5. The van der Waals surface area contributed by atoms with E-state index in [1.54, 1.807) is 0 Å². The minimum atomic E-state index is -0.685. The molecule has 0 aromatic rings. The molecule has 5 heteroatoms. The van der Waals surface area contributed by atoms with Gasteiger partial charge >= 0.3 is 0 Å². The minimum absolute atomic E-state index is 0.207. The van der Waals surface area contributed by atoms with Gasteiger partial charge in [0, 0.05) is 24.9 Å². The summed E-state index contributed by atoms with van der Waals surface area (Å²) in [4.78, 5) is 11.7. The Hall–Kier alpha value is -0.200. The van der Waals surface area contributed by atoms with Crippen LogP contribution in [0.15, 0.2) is 0 Å². The largest absolute Gasteiger partial charge is 0.353 e. The van der Waals surface area contributed by atoms with Crippen molar-refractivity contribution in [2.24, 2.45) is 17.8 Å². The molecule has 120 valence electrons. The van der Waals surface area contributed by atoms with E-state index in [1.807, 2.05) is 13.8 Å². The molecule has 4 aliphatic heterocycles. The lowest BCUT2D eigenvalue weighted by Gasteiger charge is -2.58. The molecule has 0 radical (unpaired) electrons. The summed E-state index contributed by atoms with van der Waals surface area (Å²) in [6.07, 6.45) is 4.91. The lowest BCUT2D eigenvalue weighted by molar-refractivity contribution is -0.576. The highest BCUT2D eigenvalue weighted by atomic mass is 17.3. The van der Waals surface area contributed by atoms with Crippen molar-refractivity contribution in [3.8, 4) is 0 Å². The summed E-state index contributed by atoms with van der Waals surface area (Å²) in [5.74, 6) is 0.429. The highest BCUT2D eigenvalue weighted by molar-refractivity contribution is 5.07. The van der Waals surface area contributed by atoms with Crippen molar-refractivity contribution in [2.45, 2.75) is 76.8 Å². The van der Waals surface area contributed by atoms with E-state index in [0.717, 1.165) is 19.3 Å². The molecule has 4 saturated heterocycles. The molecule has 0 N–H and O–H groups in total. The zero-order valence-electron chi connectivity index (χ0n) is 13.2. The first-order chi connectivity index (χ1) is 10.1. The van der Waals surface area contributed by atoms with Crippen LogP contribution >= 0.6 is 0 Å². The smallest absolute Gasteiger partial charge is 0.201 e. The molecule has 5 rings (SSSR count). The van der Waals surface area contributed by atoms with Crippen molar-refractivity contribution in [1.82, 2.24) is 0 Å². The van der Waals surface area contributed by atoms with Crippen LogP contribution in [0.4, 0.5) is 0 Å². The Kier molecular flexibility index (Phi) is 3.36. The first kappa shape index (κ1) is 14.4. The predicted octanol–water partition coefficient (Wildman–Crippen LogP) is 2.98. The van der Waals surface area contributed by atoms with Gasteiger partial charge in [-0.15, -0.1) is 0 Å². The molecule has 2 bridgehead atoms. The number of fused-ring (bicyclic) bond motifs is 2. The highest BCUT2D eigenvalue weighted by Crippen LogP contribution is 2.59. The van der Waals surface area contributed by atoms with Gasteiger partial charge < -0.3 is 14.2 Å². The summed E-state index contributed by atoms with van der Waals surface area (Å²) in [5, 5.41) is 0. The minimum Gasteiger partial charge on any atom is -0.353 e. The van der Waals surface area contributed by atoms with E-state index in [-0.39, 0.29) is 12.6 Å². The first-order valence-electron chi connectivity index (χ1n) is 8.41. The Morgan fingerprint density at radius 3 is 2.86 bits per heavy atom. The van der Waals surface area contributed by atoms with Gasteiger partial charge in [-0.3, -0.25) is 0 Å². The van der Waals surface area contributed by atoms with E-state index < -0.39 is 11.4 Å². The molecule has 21 heavy (non-hydrogen) atoms. The van der Waals surface area contributed by atoms with Gasteiger partial charge in [0.25, 0.3) is 0 Å². The van der Waals surface area contributed by atoms with Crippen molar-refractivity contribution in [1.29, 1.82) is 0 Å². The second-order valence-electron chi connectivity index (χ2n) is 7.20. The van der Waals surface area contributed by atoms with Crippen molar-refractivity contribution >= 4 is 0 Å². The summed E-state index contributed by atoms with van der Waals surface area (Å²) in [7, 11) is 0. The van der Waals surface area contributed by atoms with E-state index in [2.05, 4.69) is 6.92 Å². The van der Waals surface area contributed by atoms with Crippen LogP contribution in [-0.4, -0.2) is 30.6 Å². The van der Waals surface area contributed by atoms with Crippen LogP contribution < -0.4 is 0 Å². The summed E-state index contributed by atoms with van der Waals surface area (Å²) in [6.45, 7) is 6.81. The molecule has 7 atom stereocenters. The van der Waals surface area contributed by atoms with Crippen LogP contribution in [0.25, 0.3) is 0 Å². The topological polar surface area (TPSA) is 46.2 Å². The molecule has 0 aromatic carbocycles. The summed E-state index contributed by atoms with van der Waals surface area (Å²) in [5.41, 5.74) is -0.443. The van der Waals surface area contributed by atoms with Crippen LogP contribution in [-0.2, 0) is 24.0 Å². The number of hydrogen-bond acceptors (Lipinski definition) is 5. The summed E-state index contributed by atoms with van der Waals surface area (Å²) in [6, 6.07) is 0. The standard InChI is InChI=1S/C16H26O5/c1-4-17-13-10(2)12-7-5-6-11-8-9-15(3)19-14(18-13)16(11,12)21-20-15/h10-14H,4-9H2,1-3H3/t10-,11?,12?,13+,14-,15+,16-/m1/s1. The van der Waals surface area contributed by atoms with E-state index in [1.165, 1.54) is 12.8 Å². The SMILES string of the molecule is CCO[C@H]1O[C@@H]2O[C@]3(C)CCC4CCCC([C@H]1C)[C@]42OO3. The molecule has 5 aliphatic rings. The molecule has 1 spiro atoms. The number of ether oxygens (including phenoxy) is 3. The lowest BCUT2D eigenvalue weighted by Crippen LogP contribution is -2.69. The molecule has 4 heterocycles. The van der Waals surface area contributed by atoms with E-state index in [4.69, 9.17) is 24.0 Å². The molecular weight excluding hydrogens is 272 g/mol. The van der Waals surface area contributed by atoms with E-state index in [0.29, 0.717) is 24.4 Å². The molecule has 2 unspecified atom stereocenters. The normalized spacial score (nSPS) is 55.9. The average Bonchev–Trinajstić information content (AvgIpc) is 2.69. The van der Waals surface area contributed by atoms with E-state index in [9.17, 15) is 0 Å². The van der Waals surface area contributed by atoms with Gasteiger partial charge in [0.2, 0.25) is 5.79 Å². The van der Waals surface area contributed by atoms with Crippen molar-refractivity contribution in [3.63, 3.8) is 0 Å². The van der Waals surface area contributed by atoms with Crippen molar-refractivity contribution in [2.75, 3.05) is 6.61 Å². The van der Waals surface area contributed by atoms with E-state index >= 15 is 0 Å². The second kappa shape index (κ2) is 4.90. The third-order valence-electron chi connectivity index (χ3n) is 5.97. The lowest BCUT2D eigenvalue weighted by atomic mass is 9.61. The highest BCUT2D eigenvalue weighted by Gasteiger charge is 2.68. The summed E-state index contributed by atoms with van der Waals surface area (Å²) < 4.78 is 18.2. The van der Waals surface area contributed by atoms with Gasteiger partial charge in [0.05, 0.1) is 0 Å². The first-order valence-corrected chi connectivity index (χ1v) is 8.41. The number of hydrogen-bond donors (Lipinski definition) is 0. The Morgan fingerprint density at radius 2 is 2.05 bits per heavy atom. The van der Waals surface area contributed by atoms with Gasteiger partial charge in [-0.25, -0.2) is 9.78 Å². The monoisotopic (exact) mass is 298 g/mol.